The van der Waals surface area contributed by atoms with Gasteiger partial charge in [0.1, 0.15) is 17.3 Å². The summed E-state index contributed by atoms with van der Waals surface area (Å²) in [5.74, 6) is -2.82. The first-order valence-electron chi connectivity index (χ1n) is 13.3. The molecule has 1 fully saturated rings. The van der Waals surface area contributed by atoms with Crippen LogP contribution in [0.3, 0.4) is 0 Å². The third-order valence-electron chi connectivity index (χ3n) is 7.48. The molecular formula is C30H29F2N5O4. The van der Waals surface area contributed by atoms with Crippen LogP contribution in [0.25, 0.3) is 28.1 Å². The largest absolute Gasteiger partial charge is 0.507 e. The minimum Gasteiger partial charge on any atom is -0.507 e. The molecule has 212 valence electrons. The zero-order valence-electron chi connectivity index (χ0n) is 22.9. The minimum atomic E-state index is -0.984. The standard InChI is InChI=1S/C30H29F2N5O4/c1-5-23(39)35-13-10-18(11-14-35)36-21-15-20(32)26(24-19(31)7-6-8-22(24)38)34-28(21)37(30(41)29(36)40)27-17(4)9-12-33-25(27)16(2)3/h5-9,12,15-16,18,38H,1,10-11,13-14H2,2-4H3. The Morgan fingerprint density at radius 3 is 2.46 bits per heavy atom. The Morgan fingerprint density at radius 1 is 1.12 bits per heavy atom. The van der Waals surface area contributed by atoms with Crippen LogP contribution in [0.2, 0.25) is 0 Å². The molecule has 0 bridgehead atoms. The maximum atomic E-state index is 15.8. The lowest BCUT2D eigenvalue weighted by molar-refractivity contribution is -0.127. The number of aromatic hydroxyl groups is 1. The van der Waals surface area contributed by atoms with Gasteiger partial charge in [-0.25, -0.2) is 13.8 Å². The number of phenols is 1. The summed E-state index contributed by atoms with van der Waals surface area (Å²) in [4.78, 5) is 50.3. The van der Waals surface area contributed by atoms with Crippen molar-refractivity contribution in [2.24, 2.45) is 0 Å². The topological polar surface area (TPSA) is 110 Å². The van der Waals surface area contributed by atoms with Gasteiger partial charge in [-0.15, -0.1) is 0 Å². The molecule has 4 aromatic rings. The Balaban J connectivity index is 1.86. The van der Waals surface area contributed by atoms with Gasteiger partial charge in [0.05, 0.1) is 22.5 Å². The van der Waals surface area contributed by atoms with Gasteiger partial charge in [-0.2, -0.15) is 0 Å². The quantitative estimate of drug-likeness (QED) is 0.286. The summed E-state index contributed by atoms with van der Waals surface area (Å²) in [6.07, 6.45) is 3.47. The zero-order chi connectivity index (χ0) is 29.6. The molecule has 5 rings (SSSR count). The summed E-state index contributed by atoms with van der Waals surface area (Å²) in [5, 5.41) is 10.4. The number of likely N-dealkylation sites (tertiary alicyclic amines) is 1. The molecule has 11 heteroatoms. The summed E-state index contributed by atoms with van der Waals surface area (Å²) in [6, 6.07) is 5.74. The molecule has 1 saturated heterocycles. The highest BCUT2D eigenvalue weighted by Crippen LogP contribution is 2.35. The second-order valence-corrected chi connectivity index (χ2v) is 10.4. The Labute approximate surface area is 234 Å². The van der Waals surface area contributed by atoms with Gasteiger partial charge in [-0.1, -0.05) is 26.5 Å². The second-order valence-electron chi connectivity index (χ2n) is 10.4. The van der Waals surface area contributed by atoms with Crippen LogP contribution in [0.4, 0.5) is 8.78 Å². The number of aromatic nitrogens is 4. The smallest absolute Gasteiger partial charge is 0.322 e. The number of fused-ring (bicyclic) bond motifs is 1. The van der Waals surface area contributed by atoms with Crippen molar-refractivity contribution in [3.05, 3.63) is 92.8 Å². The van der Waals surface area contributed by atoms with Gasteiger partial charge in [0.2, 0.25) is 5.91 Å². The molecule has 0 unspecified atom stereocenters. The number of hydrogen-bond acceptors (Lipinski definition) is 6. The Kier molecular flexibility index (Phi) is 7.29. The van der Waals surface area contributed by atoms with E-state index in [-0.39, 0.29) is 23.0 Å². The molecule has 1 N–H and O–H groups in total. The molecule has 0 aliphatic carbocycles. The van der Waals surface area contributed by atoms with Crippen LogP contribution in [0.15, 0.2) is 58.8 Å². The van der Waals surface area contributed by atoms with Crippen LogP contribution in [-0.4, -0.2) is 48.1 Å². The molecule has 3 aromatic heterocycles. The molecule has 9 nitrogen and oxygen atoms in total. The third-order valence-corrected chi connectivity index (χ3v) is 7.48. The summed E-state index contributed by atoms with van der Waals surface area (Å²) >= 11 is 0. The highest BCUT2D eigenvalue weighted by atomic mass is 19.1. The summed E-state index contributed by atoms with van der Waals surface area (Å²) in [7, 11) is 0. The van der Waals surface area contributed by atoms with Gasteiger partial charge < -0.3 is 10.0 Å². The fourth-order valence-corrected chi connectivity index (χ4v) is 5.47. The molecule has 0 spiro atoms. The van der Waals surface area contributed by atoms with E-state index in [4.69, 9.17) is 0 Å². The van der Waals surface area contributed by atoms with Crippen molar-refractivity contribution in [3.8, 4) is 22.7 Å². The van der Waals surface area contributed by atoms with Gasteiger partial charge in [0.25, 0.3) is 0 Å². The van der Waals surface area contributed by atoms with Crippen molar-refractivity contribution in [1.82, 2.24) is 24.0 Å². The van der Waals surface area contributed by atoms with E-state index in [1.54, 1.807) is 24.1 Å². The van der Waals surface area contributed by atoms with Crippen molar-refractivity contribution in [2.75, 3.05) is 13.1 Å². The lowest BCUT2D eigenvalue weighted by Gasteiger charge is -2.33. The first-order valence-corrected chi connectivity index (χ1v) is 13.3. The number of nitrogens with zero attached hydrogens (tertiary/aromatic N) is 5. The highest BCUT2D eigenvalue weighted by Gasteiger charge is 2.30. The molecule has 1 aliphatic rings. The molecule has 0 radical (unpaired) electrons. The van der Waals surface area contributed by atoms with Crippen LogP contribution in [0.1, 0.15) is 49.9 Å². The fourth-order valence-electron chi connectivity index (χ4n) is 5.47. The first-order chi connectivity index (χ1) is 19.5. The predicted molar refractivity (Wildman–Crippen MR) is 150 cm³/mol. The molecule has 4 heterocycles. The zero-order valence-corrected chi connectivity index (χ0v) is 22.9. The van der Waals surface area contributed by atoms with Crippen molar-refractivity contribution in [2.45, 2.75) is 45.6 Å². The maximum absolute atomic E-state index is 15.8. The van der Waals surface area contributed by atoms with Crippen LogP contribution in [-0.2, 0) is 4.79 Å². The Morgan fingerprint density at radius 2 is 1.83 bits per heavy atom. The van der Waals surface area contributed by atoms with E-state index >= 15 is 4.39 Å². The van der Waals surface area contributed by atoms with Crippen LogP contribution in [0.5, 0.6) is 5.75 Å². The number of carbonyl (C=O) groups excluding carboxylic acids is 1. The normalized spacial score (nSPS) is 14.1. The van der Waals surface area contributed by atoms with Gasteiger partial charge >= 0.3 is 11.1 Å². The summed E-state index contributed by atoms with van der Waals surface area (Å²) in [5.41, 5.74) is -1.37. The summed E-state index contributed by atoms with van der Waals surface area (Å²) in [6.45, 7) is 9.65. The SMILES string of the molecule is C=CC(=O)N1CCC(n2c(=O)c(=O)n(-c3c(C)ccnc3C(C)C)c3nc(-c4c(O)cccc4F)c(F)cc32)CC1. The van der Waals surface area contributed by atoms with Crippen molar-refractivity contribution in [3.63, 3.8) is 0 Å². The Bertz CT molecular complexity index is 1800. The van der Waals surface area contributed by atoms with Crippen LogP contribution in [0, 0.1) is 18.6 Å². The van der Waals surface area contributed by atoms with Gasteiger partial charge in [0.15, 0.2) is 11.5 Å². The van der Waals surface area contributed by atoms with Gasteiger partial charge in [0, 0.05) is 31.4 Å². The van der Waals surface area contributed by atoms with Crippen molar-refractivity contribution in [1.29, 1.82) is 0 Å². The first kappa shape index (κ1) is 27.9. The highest BCUT2D eigenvalue weighted by molar-refractivity contribution is 5.87. The van der Waals surface area contributed by atoms with Crippen LogP contribution < -0.4 is 11.1 Å². The lowest BCUT2D eigenvalue weighted by atomic mass is 10.0. The van der Waals surface area contributed by atoms with Gasteiger partial charge in [-0.05, 0) is 55.5 Å². The van der Waals surface area contributed by atoms with E-state index in [1.807, 2.05) is 13.8 Å². The molecule has 1 amide bonds. The minimum absolute atomic E-state index is 0.0261. The van der Waals surface area contributed by atoms with E-state index in [1.165, 1.54) is 22.8 Å². The maximum Gasteiger partial charge on any atom is 0.322 e. The molecule has 0 atom stereocenters. The van der Waals surface area contributed by atoms with E-state index in [0.29, 0.717) is 42.9 Å². The number of benzene rings is 1. The van der Waals surface area contributed by atoms with Crippen molar-refractivity contribution < 1.29 is 18.7 Å². The van der Waals surface area contributed by atoms with E-state index in [2.05, 4.69) is 16.5 Å². The Hall–Kier alpha value is -4.67. The average molecular weight is 562 g/mol. The monoisotopic (exact) mass is 561 g/mol. The number of amides is 1. The molecule has 41 heavy (non-hydrogen) atoms. The number of halogens is 2. The summed E-state index contributed by atoms with van der Waals surface area (Å²) < 4.78 is 33.0. The molecule has 1 aromatic carbocycles. The van der Waals surface area contributed by atoms with E-state index in [0.717, 1.165) is 16.7 Å². The number of rotatable bonds is 5. The number of carbonyl (C=O) groups is 1. The fraction of sp³-hybridized carbons (Fsp3) is 0.300. The van der Waals surface area contributed by atoms with Crippen LogP contribution >= 0.6 is 0 Å². The third kappa shape index (κ3) is 4.71. The number of pyridine rings is 2. The van der Waals surface area contributed by atoms with Crippen molar-refractivity contribution >= 4 is 17.1 Å². The van der Waals surface area contributed by atoms with E-state index < -0.39 is 45.8 Å². The lowest BCUT2D eigenvalue weighted by Crippen LogP contribution is -2.46. The molecule has 0 saturated carbocycles. The number of aryl methyl sites for hydroxylation is 1. The average Bonchev–Trinajstić information content (AvgIpc) is 2.94. The predicted octanol–water partition coefficient (Wildman–Crippen LogP) is 4.37. The molecule has 1 aliphatic heterocycles. The number of piperidine rings is 1. The second kappa shape index (κ2) is 10.7. The van der Waals surface area contributed by atoms with Gasteiger partial charge in [-0.3, -0.25) is 28.5 Å². The number of phenolic OH excluding ortho intramolecular Hbond substituents is 1. The van der Waals surface area contributed by atoms with E-state index in [9.17, 15) is 23.9 Å². The molecular weight excluding hydrogens is 532 g/mol. The number of hydrogen-bond donors (Lipinski definition) is 1.